The molecule has 0 fully saturated rings. The van der Waals surface area contributed by atoms with Gasteiger partial charge in [0.25, 0.3) is 0 Å². The van der Waals surface area contributed by atoms with Gasteiger partial charge in [-0.1, -0.05) is 6.07 Å². The van der Waals surface area contributed by atoms with Gasteiger partial charge in [0.1, 0.15) is 11.5 Å². The molecule has 0 radical (unpaired) electrons. The number of benzene rings is 2. The monoisotopic (exact) mass is 279 g/mol. The third-order valence-corrected chi connectivity index (χ3v) is 3.08. The smallest absolute Gasteiger partial charge is 0.159 e. The summed E-state index contributed by atoms with van der Waals surface area (Å²) in [4.78, 5) is 0. The van der Waals surface area contributed by atoms with Crippen LogP contribution in [0.2, 0.25) is 0 Å². The maximum absolute atomic E-state index is 13.3. The average molecular weight is 279 g/mol. The van der Waals surface area contributed by atoms with E-state index in [-0.39, 0.29) is 0 Å². The molecular formula is C15H15F2NO2. The van der Waals surface area contributed by atoms with Crippen LogP contribution in [-0.2, 0) is 0 Å². The number of methoxy groups -OCH3 is 2. The van der Waals surface area contributed by atoms with Gasteiger partial charge in [-0.3, -0.25) is 0 Å². The van der Waals surface area contributed by atoms with Crippen molar-refractivity contribution in [1.82, 2.24) is 0 Å². The highest BCUT2D eigenvalue weighted by atomic mass is 19.2. The molecule has 0 heterocycles. The zero-order valence-corrected chi connectivity index (χ0v) is 11.2. The maximum Gasteiger partial charge on any atom is 0.159 e. The summed E-state index contributed by atoms with van der Waals surface area (Å²) in [5.74, 6) is -0.669. The van der Waals surface area contributed by atoms with E-state index in [1.54, 1.807) is 25.3 Å². The first-order valence-electron chi connectivity index (χ1n) is 5.99. The van der Waals surface area contributed by atoms with E-state index in [0.29, 0.717) is 22.6 Å². The predicted octanol–water partition coefficient (Wildman–Crippen LogP) is 3.03. The second kappa shape index (κ2) is 5.88. The van der Waals surface area contributed by atoms with Crippen molar-refractivity contribution in [1.29, 1.82) is 0 Å². The topological polar surface area (TPSA) is 44.5 Å². The number of hydrogen-bond acceptors (Lipinski definition) is 3. The molecular weight excluding hydrogens is 264 g/mol. The van der Waals surface area contributed by atoms with E-state index >= 15 is 0 Å². The maximum atomic E-state index is 13.3. The Morgan fingerprint density at radius 2 is 1.70 bits per heavy atom. The van der Waals surface area contributed by atoms with Crippen LogP contribution in [0.1, 0.15) is 17.2 Å². The molecule has 1 unspecified atom stereocenters. The first-order valence-corrected chi connectivity index (χ1v) is 5.99. The third kappa shape index (κ3) is 2.72. The van der Waals surface area contributed by atoms with Crippen LogP contribution in [0.25, 0.3) is 0 Å². The third-order valence-electron chi connectivity index (χ3n) is 3.08. The van der Waals surface area contributed by atoms with Gasteiger partial charge in [-0.15, -0.1) is 0 Å². The molecule has 0 saturated heterocycles. The Bertz CT molecular complexity index is 617. The standard InChI is InChI=1S/C15H15F2NO2/c1-19-10-4-5-11(14(8-10)20-2)15(18)9-3-6-12(16)13(17)7-9/h3-8,15H,18H2,1-2H3. The summed E-state index contributed by atoms with van der Waals surface area (Å²) < 4.78 is 36.6. The second-order valence-corrected chi connectivity index (χ2v) is 4.26. The molecule has 0 aliphatic heterocycles. The molecule has 3 nitrogen and oxygen atoms in total. The molecule has 1 atom stereocenters. The molecule has 0 aliphatic carbocycles. The highest BCUT2D eigenvalue weighted by Crippen LogP contribution is 2.32. The van der Waals surface area contributed by atoms with Crippen molar-refractivity contribution in [3.63, 3.8) is 0 Å². The van der Waals surface area contributed by atoms with Gasteiger partial charge in [-0.05, 0) is 29.8 Å². The van der Waals surface area contributed by atoms with Gasteiger partial charge in [-0.2, -0.15) is 0 Å². The molecule has 2 aromatic rings. The minimum Gasteiger partial charge on any atom is -0.497 e. The van der Waals surface area contributed by atoms with E-state index in [9.17, 15) is 8.78 Å². The van der Waals surface area contributed by atoms with E-state index in [2.05, 4.69) is 0 Å². The fraction of sp³-hybridized carbons (Fsp3) is 0.200. The largest absolute Gasteiger partial charge is 0.497 e. The van der Waals surface area contributed by atoms with E-state index < -0.39 is 17.7 Å². The van der Waals surface area contributed by atoms with Crippen LogP contribution in [0.3, 0.4) is 0 Å². The summed E-state index contributed by atoms with van der Waals surface area (Å²) >= 11 is 0. The molecule has 0 aromatic heterocycles. The molecule has 0 amide bonds. The zero-order chi connectivity index (χ0) is 14.7. The Kier molecular flexibility index (Phi) is 4.20. The Morgan fingerprint density at radius 1 is 0.950 bits per heavy atom. The number of halogens is 2. The number of ether oxygens (including phenoxy) is 2. The van der Waals surface area contributed by atoms with Crippen LogP contribution < -0.4 is 15.2 Å². The first-order chi connectivity index (χ1) is 9.56. The number of hydrogen-bond donors (Lipinski definition) is 1. The van der Waals surface area contributed by atoms with Crippen molar-refractivity contribution in [3.05, 3.63) is 59.2 Å². The second-order valence-electron chi connectivity index (χ2n) is 4.26. The van der Waals surface area contributed by atoms with Gasteiger partial charge >= 0.3 is 0 Å². The minimum absolute atomic E-state index is 0.465. The Hall–Kier alpha value is -2.14. The lowest BCUT2D eigenvalue weighted by molar-refractivity contribution is 0.390. The lowest BCUT2D eigenvalue weighted by Crippen LogP contribution is -2.13. The van der Waals surface area contributed by atoms with E-state index in [1.165, 1.54) is 13.2 Å². The Morgan fingerprint density at radius 3 is 2.30 bits per heavy atom. The van der Waals surface area contributed by atoms with Crippen molar-refractivity contribution < 1.29 is 18.3 Å². The molecule has 0 spiro atoms. The molecule has 0 aliphatic rings. The van der Waals surface area contributed by atoms with Crippen LogP contribution in [0.4, 0.5) is 8.78 Å². The summed E-state index contributed by atoms with van der Waals surface area (Å²) in [5, 5.41) is 0. The molecule has 0 bridgehead atoms. The number of rotatable bonds is 4. The Labute approximate surface area is 115 Å². The van der Waals surface area contributed by atoms with Crippen molar-refractivity contribution in [2.75, 3.05) is 14.2 Å². The SMILES string of the molecule is COc1ccc(C(N)c2ccc(F)c(F)c2)c(OC)c1. The summed E-state index contributed by atoms with van der Waals surface area (Å²) in [5.41, 5.74) is 7.22. The van der Waals surface area contributed by atoms with Gasteiger partial charge in [0.05, 0.1) is 20.3 Å². The van der Waals surface area contributed by atoms with E-state index in [4.69, 9.17) is 15.2 Å². The predicted molar refractivity (Wildman–Crippen MR) is 71.9 cm³/mol. The first kappa shape index (κ1) is 14.3. The summed E-state index contributed by atoms with van der Waals surface area (Å²) in [6, 6.07) is 8.14. The van der Waals surface area contributed by atoms with Gasteiger partial charge < -0.3 is 15.2 Å². The van der Waals surface area contributed by atoms with Crippen molar-refractivity contribution in [2.24, 2.45) is 5.73 Å². The van der Waals surface area contributed by atoms with Crippen LogP contribution in [0.15, 0.2) is 36.4 Å². The minimum atomic E-state index is -0.926. The lowest BCUT2D eigenvalue weighted by Gasteiger charge is -2.17. The zero-order valence-electron chi connectivity index (χ0n) is 11.2. The molecule has 2 aromatic carbocycles. The lowest BCUT2D eigenvalue weighted by atomic mass is 9.98. The van der Waals surface area contributed by atoms with Crippen LogP contribution in [0.5, 0.6) is 11.5 Å². The summed E-state index contributed by atoms with van der Waals surface area (Å²) in [6.45, 7) is 0. The molecule has 20 heavy (non-hydrogen) atoms. The van der Waals surface area contributed by atoms with Crippen molar-refractivity contribution in [2.45, 2.75) is 6.04 Å². The van der Waals surface area contributed by atoms with Crippen LogP contribution in [-0.4, -0.2) is 14.2 Å². The van der Waals surface area contributed by atoms with Gasteiger partial charge in [0.15, 0.2) is 11.6 Å². The van der Waals surface area contributed by atoms with Crippen LogP contribution in [0, 0.1) is 11.6 Å². The summed E-state index contributed by atoms with van der Waals surface area (Å²) in [7, 11) is 3.06. The van der Waals surface area contributed by atoms with E-state index in [1.807, 2.05) is 0 Å². The van der Waals surface area contributed by atoms with Gasteiger partial charge in [0.2, 0.25) is 0 Å². The van der Waals surface area contributed by atoms with Gasteiger partial charge in [0, 0.05) is 11.6 Å². The molecule has 106 valence electrons. The molecule has 5 heteroatoms. The fourth-order valence-corrected chi connectivity index (χ4v) is 1.96. The normalized spacial score (nSPS) is 12.1. The highest BCUT2D eigenvalue weighted by Gasteiger charge is 2.16. The highest BCUT2D eigenvalue weighted by molar-refractivity contribution is 5.45. The van der Waals surface area contributed by atoms with Gasteiger partial charge in [-0.25, -0.2) is 8.78 Å². The van der Waals surface area contributed by atoms with Crippen LogP contribution >= 0.6 is 0 Å². The molecule has 2 rings (SSSR count). The Balaban J connectivity index is 2.41. The number of nitrogens with two attached hydrogens (primary N) is 1. The fourth-order valence-electron chi connectivity index (χ4n) is 1.96. The van der Waals surface area contributed by atoms with E-state index in [0.717, 1.165) is 12.1 Å². The van der Waals surface area contributed by atoms with Crippen molar-refractivity contribution >= 4 is 0 Å². The molecule has 2 N–H and O–H groups in total. The quantitative estimate of drug-likeness (QED) is 0.935. The summed E-state index contributed by atoms with van der Waals surface area (Å²) in [6.07, 6.45) is 0. The van der Waals surface area contributed by atoms with Crippen molar-refractivity contribution in [3.8, 4) is 11.5 Å². The average Bonchev–Trinajstić information content (AvgIpc) is 2.48. The molecule has 0 saturated carbocycles.